The predicted molar refractivity (Wildman–Crippen MR) is 97.9 cm³/mol. The summed E-state index contributed by atoms with van der Waals surface area (Å²) in [7, 11) is -3.81. The molecule has 0 saturated heterocycles. The van der Waals surface area contributed by atoms with Crippen LogP contribution in [-0.2, 0) is 27.8 Å². The summed E-state index contributed by atoms with van der Waals surface area (Å²) < 4.78 is 45.0. The van der Waals surface area contributed by atoms with Gasteiger partial charge in [-0.05, 0) is 54.1 Å². The number of rotatable bonds is 7. The lowest BCUT2D eigenvalue weighted by molar-refractivity contribution is -0.120. The van der Waals surface area contributed by atoms with E-state index < -0.39 is 15.8 Å². The molecule has 6 nitrogen and oxygen atoms in total. The van der Waals surface area contributed by atoms with Gasteiger partial charge in [-0.2, -0.15) is 0 Å². The first-order chi connectivity index (χ1) is 12.9. The highest BCUT2D eigenvalue weighted by Gasteiger charge is 2.14. The van der Waals surface area contributed by atoms with Crippen LogP contribution in [0.1, 0.15) is 11.3 Å². The van der Waals surface area contributed by atoms with Crippen molar-refractivity contribution in [2.45, 2.75) is 17.9 Å². The number of anilines is 1. The standard InChI is InChI=1S/C19H17FN2O4S/c20-15-5-9-18(10-6-15)27(24,25)22-16-7-3-14(4-8-16)12-19(23)21-13-17-2-1-11-26-17/h1-11,22H,12-13H2,(H,21,23). The van der Waals surface area contributed by atoms with E-state index in [-0.39, 0.29) is 17.2 Å². The molecule has 3 aromatic rings. The number of halogens is 1. The van der Waals surface area contributed by atoms with Crippen molar-refractivity contribution in [3.05, 3.63) is 84.1 Å². The van der Waals surface area contributed by atoms with E-state index in [0.29, 0.717) is 18.0 Å². The van der Waals surface area contributed by atoms with Crippen LogP contribution in [0.3, 0.4) is 0 Å². The lowest BCUT2D eigenvalue weighted by atomic mass is 10.1. The van der Waals surface area contributed by atoms with Gasteiger partial charge in [-0.1, -0.05) is 12.1 Å². The van der Waals surface area contributed by atoms with E-state index in [0.717, 1.165) is 17.7 Å². The Balaban J connectivity index is 1.58. The maximum atomic E-state index is 12.9. The molecule has 0 aliphatic heterocycles. The summed E-state index contributed by atoms with van der Waals surface area (Å²) in [5.41, 5.74) is 1.08. The average molecular weight is 388 g/mol. The van der Waals surface area contributed by atoms with Gasteiger partial charge in [0.1, 0.15) is 11.6 Å². The molecule has 0 radical (unpaired) electrons. The Morgan fingerprint density at radius 1 is 1.00 bits per heavy atom. The second-order valence-electron chi connectivity index (χ2n) is 5.79. The SMILES string of the molecule is O=C(Cc1ccc(NS(=O)(=O)c2ccc(F)cc2)cc1)NCc1ccco1. The smallest absolute Gasteiger partial charge is 0.261 e. The van der Waals surface area contributed by atoms with Crippen LogP contribution in [0.2, 0.25) is 0 Å². The lowest BCUT2D eigenvalue weighted by Crippen LogP contribution is -2.24. The molecule has 0 spiro atoms. The van der Waals surface area contributed by atoms with Crippen LogP contribution < -0.4 is 10.0 Å². The molecule has 0 bridgehead atoms. The van der Waals surface area contributed by atoms with Gasteiger partial charge < -0.3 is 9.73 Å². The van der Waals surface area contributed by atoms with Gasteiger partial charge in [0.2, 0.25) is 5.91 Å². The molecule has 8 heteroatoms. The van der Waals surface area contributed by atoms with E-state index in [9.17, 15) is 17.6 Å². The molecule has 2 aromatic carbocycles. The third kappa shape index (κ3) is 5.18. The van der Waals surface area contributed by atoms with Crippen molar-refractivity contribution in [2.24, 2.45) is 0 Å². The van der Waals surface area contributed by atoms with Crippen LogP contribution in [0, 0.1) is 5.82 Å². The Morgan fingerprint density at radius 3 is 2.33 bits per heavy atom. The van der Waals surface area contributed by atoms with Gasteiger partial charge in [0.25, 0.3) is 10.0 Å². The van der Waals surface area contributed by atoms with Crippen LogP contribution in [0.5, 0.6) is 0 Å². The van der Waals surface area contributed by atoms with Crippen LogP contribution in [-0.4, -0.2) is 14.3 Å². The molecule has 140 valence electrons. The third-order valence-corrected chi connectivity index (χ3v) is 5.13. The van der Waals surface area contributed by atoms with Gasteiger partial charge in [-0.3, -0.25) is 9.52 Å². The zero-order chi connectivity index (χ0) is 19.3. The summed E-state index contributed by atoms with van der Waals surface area (Å²) in [5, 5.41) is 2.74. The maximum absolute atomic E-state index is 12.9. The summed E-state index contributed by atoms with van der Waals surface area (Å²) in [6.07, 6.45) is 1.69. The Bertz CT molecular complexity index is 999. The number of hydrogen-bond acceptors (Lipinski definition) is 4. The van der Waals surface area contributed by atoms with Crippen molar-refractivity contribution in [2.75, 3.05) is 4.72 Å². The third-order valence-electron chi connectivity index (χ3n) is 3.73. The van der Waals surface area contributed by atoms with Gasteiger partial charge >= 0.3 is 0 Å². The minimum absolute atomic E-state index is 0.0368. The average Bonchev–Trinajstić information content (AvgIpc) is 3.15. The lowest BCUT2D eigenvalue weighted by Gasteiger charge is -2.09. The number of amides is 1. The van der Waals surface area contributed by atoms with Crippen molar-refractivity contribution in [1.82, 2.24) is 5.32 Å². The predicted octanol–water partition coefficient (Wildman–Crippen LogP) is 3.08. The number of nitrogens with one attached hydrogen (secondary N) is 2. The minimum atomic E-state index is -3.81. The molecule has 0 aliphatic carbocycles. The van der Waals surface area contributed by atoms with Gasteiger partial charge in [0.05, 0.1) is 24.1 Å². The monoisotopic (exact) mass is 388 g/mol. The van der Waals surface area contributed by atoms with Crippen molar-refractivity contribution in [3.63, 3.8) is 0 Å². The highest BCUT2D eigenvalue weighted by atomic mass is 32.2. The molecular formula is C19H17FN2O4S. The number of furan rings is 1. The van der Waals surface area contributed by atoms with E-state index in [1.165, 1.54) is 18.4 Å². The van der Waals surface area contributed by atoms with Crippen LogP contribution >= 0.6 is 0 Å². The van der Waals surface area contributed by atoms with Crippen LogP contribution in [0.4, 0.5) is 10.1 Å². The Labute approximate surface area is 156 Å². The van der Waals surface area contributed by atoms with Crippen LogP contribution in [0.25, 0.3) is 0 Å². The van der Waals surface area contributed by atoms with Gasteiger partial charge in [-0.25, -0.2) is 12.8 Å². The topological polar surface area (TPSA) is 88.4 Å². The molecule has 0 saturated carbocycles. The molecular weight excluding hydrogens is 371 g/mol. The zero-order valence-electron chi connectivity index (χ0n) is 14.2. The molecule has 27 heavy (non-hydrogen) atoms. The van der Waals surface area contributed by atoms with Gasteiger partial charge in [0.15, 0.2) is 0 Å². The second-order valence-corrected chi connectivity index (χ2v) is 7.47. The summed E-state index contributed by atoms with van der Waals surface area (Å²) in [5.74, 6) is -0.0245. The fraction of sp³-hybridized carbons (Fsp3) is 0.105. The number of hydrogen-bond donors (Lipinski definition) is 2. The number of carbonyl (C=O) groups excluding carboxylic acids is 1. The molecule has 0 aliphatic rings. The van der Waals surface area contributed by atoms with Crippen molar-refractivity contribution in [3.8, 4) is 0 Å². The highest BCUT2D eigenvalue weighted by molar-refractivity contribution is 7.92. The second kappa shape index (κ2) is 8.05. The zero-order valence-corrected chi connectivity index (χ0v) is 15.0. The van der Waals surface area contributed by atoms with E-state index in [2.05, 4.69) is 10.0 Å². The fourth-order valence-corrected chi connectivity index (χ4v) is 3.42. The molecule has 3 rings (SSSR count). The highest BCUT2D eigenvalue weighted by Crippen LogP contribution is 2.17. The Kier molecular flexibility index (Phi) is 5.56. The summed E-state index contributed by atoms with van der Waals surface area (Å²) in [6.45, 7) is 0.307. The minimum Gasteiger partial charge on any atom is -0.467 e. The molecule has 0 unspecified atom stereocenters. The molecule has 1 heterocycles. The Morgan fingerprint density at radius 2 is 1.70 bits per heavy atom. The normalized spacial score (nSPS) is 11.1. The quantitative estimate of drug-likeness (QED) is 0.651. The number of carbonyl (C=O) groups is 1. The molecule has 0 fully saturated rings. The first-order valence-corrected chi connectivity index (χ1v) is 9.57. The first-order valence-electron chi connectivity index (χ1n) is 8.09. The largest absolute Gasteiger partial charge is 0.467 e. The molecule has 2 N–H and O–H groups in total. The van der Waals surface area contributed by atoms with Gasteiger partial charge in [0, 0.05) is 5.69 Å². The van der Waals surface area contributed by atoms with E-state index in [4.69, 9.17) is 4.42 Å². The van der Waals surface area contributed by atoms with Crippen molar-refractivity contribution >= 4 is 21.6 Å². The Hall–Kier alpha value is -3.13. The van der Waals surface area contributed by atoms with Gasteiger partial charge in [-0.15, -0.1) is 0 Å². The fourth-order valence-electron chi connectivity index (χ4n) is 2.37. The summed E-state index contributed by atoms with van der Waals surface area (Å²) in [4.78, 5) is 11.9. The van der Waals surface area contributed by atoms with E-state index in [1.807, 2.05) is 0 Å². The number of benzene rings is 2. The van der Waals surface area contributed by atoms with Crippen LogP contribution in [0.15, 0.2) is 76.2 Å². The summed E-state index contributed by atoms with van der Waals surface area (Å²) >= 11 is 0. The molecule has 0 atom stereocenters. The van der Waals surface area contributed by atoms with E-state index >= 15 is 0 Å². The van der Waals surface area contributed by atoms with Crippen molar-refractivity contribution < 1.29 is 22.0 Å². The van der Waals surface area contributed by atoms with Crippen molar-refractivity contribution in [1.29, 1.82) is 0 Å². The first kappa shape index (κ1) is 18.7. The molecule has 1 aromatic heterocycles. The number of sulfonamides is 1. The molecule has 1 amide bonds. The van der Waals surface area contributed by atoms with E-state index in [1.54, 1.807) is 36.4 Å². The summed E-state index contributed by atoms with van der Waals surface area (Å²) in [6, 6.07) is 14.5. The maximum Gasteiger partial charge on any atom is 0.261 e.